The van der Waals surface area contributed by atoms with Crippen molar-refractivity contribution in [2.45, 2.75) is 18.6 Å². The van der Waals surface area contributed by atoms with Crippen molar-refractivity contribution < 1.29 is 19.5 Å². The standard InChI is InChI=1S/C14H14N4O4S/c1-8(19)16-10-5-3-2-4-9(10)7-15-18-14-17-13(22)11(23-14)6-12(20)21/h2-5,7,11H,6H2,1H3,(H,16,19)(H,20,21)(H,17,18,22). The van der Waals surface area contributed by atoms with Gasteiger partial charge < -0.3 is 15.7 Å². The Labute approximate surface area is 136 Å². The molecular formula is C14H14N4O4S. The van der Waals surface area contributed by atoms with Gasteiger partial charge in [0.25, 0.3) is 0 Å². The molecule has 1 saturated heterocycles. The molecular weight excluding hydrogens is 320 g/mol. The topological polar surface area (TPSA) is 120 Å². The maximum atomic E-state index is 11.6. The maximum Gasteiger partial charge on any atom is 0.305 e. The monoisotopic (exact) mass is 334 g/mol. The first-order valence-electron chi connectivity index (χ1n) is 6.62. The molecule has 0 saturated carbocycles. The van der Waals surface area contributed by atoms with Crippen LogP contribution in [0.5, 0.6) is 0 Å². The first kappa shape index (κ1) is 16.7. The third-order valence-electron chi connectivity index (χ3n) is 2.75. The third kappa shape index (κ3) is 4.92. The van der Waals surface area contributed by atoms with Gasteiger partial charge in [-0.05, 0) is 6.07 Å². The van der Waals surface area contributed by atoms with Crippen molar-refractivity contribution in [1.82, 2.24) is 5.32 Å². The number of amides is 2. The number of hydrogen-bond acceptors (Lipinski definition) is 6. The molecule has 8 nitrogen and oxygen atoms in total. The van der Waals surface area contributed by atoms with Gasteiger partial charge in [-0.25, -0.2) is 0 Å². The lowest BCUT2D eigenvalue weighted by Gasteiger charge is -2.04. The van der Waals surface area contributed by atoms with E-state index in [-0.39, 0.29) is 17.5 Å². The van der Waals surface area contributed by atoms with Gasteiger partial charge in [-0.2, -0.15) is 5.10 Å². The van der Waals surface area contributed by atoms with Gasteiger partial charge in [-0.3, -0.25) is 14.4 Å². The minimum absolute atomic E-state index is 0.202. The van der Waals surface area contributed by atoms with E-state index in [1.165, 1.54) is 13.1 Å². The summed E-state index contributed by atoms with van der Waals surface area (Å²) in [5.74, 6) is -1.65. The summed E-state index contributed by atoms with van der Waals surface area (Å²) in [6.07, 6.45) is 1.17. The van der Waals surface area contributed by atoms with Crippen molar-refractivity contribution in [2.24, 2.45) is 10.2 Å². The van der Waals surface area contributed by atoms with Crippen molar-refractivity contribution in [3.63, 3.8) is 0 Å². The number of carbonyl (C=O) groups excluding carboxylic acids is 2. The van der Waals surface area contributed by atoms with Crippen LogP contribution in [0, 0.1) is 0 Å². The van der Waals surface area contributed by atoms with Gasteiger partial charge in [0, 0.05) is 18.2 Å². The highest BCUT2D eigenvalue weighted by Gasteiger charge is 2.32. The quantitative estimate of drug-likeness (QED) is 0.549. The largest absolute Gasteiger partial charge is 0.481 e. The normalized spacial score (nSPS) is 19.1. The van der Waals surface area contributed by atoms with E-state index in [0.29, 0.717) is 11.3 Å². The highest BCUT2D eigenvalue weighted by atomic mass is 32.2. The van der Waals surface area contributed by atoms with Crippen LogP contribution in [0.4, 0.5) is 5.69 Å². The van der Waals surface area contributed by atoms with Crippen LogP contribution in [0.1, 0.15) is 18.9 Å². The van der Waals surface area contributed by atoms with Crippen molar-refractivity contribution in [1.29, 1.82) is 0 Å². The molecule has 1 unspecified atom stereocenters. The molecule has 23 heavy (non-hydrogen) atoms. The van der Waals surface area contributed by atoms with Crippen LogP contribution in [0.2, 0.25) is 0 Å². The number of nitrogens with zero attached hydrogens (tertiary/aromatic N) is 2. The van der Waals surface area contributed by atoms with Crippen LogP contribution in [0.3, 0.4) is 0 Å². The van der Waals surface area contributed by atoms with E-state index < -0.39 is 17.1 Å². The van der Waals surface area contributed by atoms with Gasteiger partial charge in [0.05, 0.1) is 12.6 Å². The van der Waals surface area contributed by atoms with Crippen LogP contribution in [0.15, 0.2) is 34.5 Å². The van der Waals surface area contributed by atoms with Crippen LogP contribution in [-0.2, 0) is 14.4 Å². The summed E-state index contributed by atoms with van der Waals surface area (Å²) in [4.78, 5) is 33.3. The van der Waals surface area contributed by atoms with Gasteiger partial charge in [0.2, 0.25) is 11.8 Å². The van der Waals surface area contributed by atoms with E-state index in [0.717, 1.165) is 11.8 Å². The Morgan fingerprint density at radius 3 is 2.87 bits per heavy atom. The first-order chi connectivity index (χ1) is 11.0. The zero-order valence-electron chi connectivity index (χ0n) is 12.1. The van der Waals surface area contributed by atoms with Gasteiger partial charge in [-0.15, -0.1) is 5.10 Å². The fraction of sp³-hybridized carbons (Fsp3) is 0.214. The van der Waals surface area contributed by atoms with Crippen molar-refractivity contribution in [3.8, 4) is 0 Å². The van der Waals surface area contributed by atoms with Crippen molar-refractivity contribution >= 4 is 46.6 Å². The molecule has 1 aliphatic rings. The number of carbonyl (C=O) groups is 3. The lowest BCUT2D eigenvalue weighted by atomic mass is 10.2. The van der Waals surface area contributed by atoms with E-state index in [1.807, 2.05) is 0 Å². The summed E-state index contributed by atoms with van der Waals surface area (Å²) in [6, 6.07) is 7.04. The minimum atomic E-state index is -1.05. The molecule has 120 valence electrons. The lowest BCUT2D eigenvalue weighted by molar-refractivity contribution is -0.138. The highest BCUT2D eigenvalue weighted by Crippen LogP contribution is 2.22. The number of hydrogen-bond donors (Lipinski definition) is 3. The summed E-state index contributed by atoms with van der Waals surface area (Å²) in [5.41, 5.74) is 1.25. The number of nitrogens with one attached hydrogen (secondary N) is 2. The Morgan fingerprint density at radius 1 is 1.43 bits per heavy atom. The van der Waals surface area contributed by atoms with E-state index in [4.69, 9.17) is 5.11 Å². The summed E-state index contributed by atoms with van der Waals surface area (Å²) < 4.78 is 0. The summed E-state index contributed by atoms with van der Waals surface area (Å²) >= 11 is 1.02. The SMILES string of the molecule is CC(=O)Nc1ccccc1C=NN=C1NC(=O)C(CC(=O)O)S1. The molecule has 1 atom stereocenters. The molecule has 2 amide bonds. The van der Waals surface area contributed by atoms with Gasteiger partial charge >= 0.3 is 5.97 Å². The number of amidine groups is 1. The van der Waals surface area contributed by atoms with Crippen LogP contribution in [-0.4, -0.2) is 39.5 Å². The van der Waals surface area contributed by atoms with E-state index in [1.54, 1.807) is 24.3 Å². The molecule has 3 N–H and O–H groups in total. The van der Waals surface area contributed by atoms with Gasteiger partial charge in [-0.1, -0.05) is 30.0 Å². The molecule has 1 aromatic carbocycles. The van der Waals surface area contributed by atoms with Crippen LogP contribution in [0.25, 0.3) is 0 Å². The average Bonchev–Trinajstić information content (AvgIpc) is 2.80. The number of para-hydroxylation sites is 1. The number of thioether (sulfide) groups is 1. The molecule has 1 aliphatic heterocycles. The molecule has 2 rings (SSSR count). The summed E-state index contributed by atoms with van der Waals surface area (Å²) in [5, 5.41) is 21.1. The van der Waals surface area contributed by atoms with Gasteiger partial charge in [0.1, 0.15) is 5.25 Å². The molecule has 0 aromatic heterocycles. The van der Waals surface area contributed by atoms with E-state index in [9.17, 15) is 14.4 Å². The number of anilines is 1. The Hall–Kier alpha value is -2.68. The van der Waals surface area contributed by atoms with Crippen molar-refractivity contribution in [2.75, 3.05) is 5.32 Å². The predicted octanol–water partition coefficient (Wildman–Crippen LogP) is 1.04. The molecule has 9 heteroatoms. The van der Waals surface area contributed by atoms with Crippen LogP contribution < -0.4 is 10.6 Å². The van der Waals surface area contributed by atoms with Gasteiger partial charge in [0.15, 0.2) is 5.17 Å². The van der Waals surface area contributed by atoms with E-state index >= 15 is 0 Å². The number of carboxylic acid groups (broad SMARTS) is 1. The second-order valence-corrected chi connectivity index (χ2v) is 5.80. The van der Waals surface area contributed by atoms with E-state index in [2.05, 4.69) is 20.8 Å². The number of carboxylic acids is 1. The Balaban J connectivity index is 2.06. The average molecular weight is 334 g/mol. The fourth-order valence-electron chi connectivity index (χ4n) is 1.80. The zero-order chi connectivity index (χ0) is 16.8. The second-order valence-electron chi connectivity index (χ2n) is 4.61. The molecule has 1 aromatic rings. The molecule has 0 bridgehead atoms. The molecule has 0 radical (unpaired) electrons. The Morgan fingerprint density at radius 2 is 2.17 bits per heavy atom. The number of aliphatic carboxylic acids is 1. The minimum Gasteiger partial charge on any atom is -0.481 e. The molecule has 1 fully saturated rings. The number of rotatable bonds is 5. The highest BCUT2D eigenvalue weighted by molar-refractivity contribution is 8.15. The van der Waals surface area contributed by atoms with Crippen molar-refractivity contribution in [3.05, 3.63) is 29.8 Å². The Kier molecular flexibility index (Phi) is 5.47. The summed E-state index contributed by atoms with van der Waals surface area (Å²) in [7, 11) is 0. The number of benzene rings is 1. The zero-order valence-corrected chi connectivity index (χ0v) is 13.0. The van der Waals surface area contributed by atoms with Crippen LogP contribution >= 0.6 is 11.8 Å². The molecule has 0 aliphatic carbocycles. The maximum absolute atomic E-state index is 11.6. The lowest BCUT2D eigenvalue weighted by Crippen LogP contribution is -2.26. The predicted molar refractivity (Wildman–Crippen MR) is 87.5 cm³/mol. The first-order valence-corrected chi connectivity index (χ1v) is 7.50. The third-order valence-corrected chi connectivity index (χ3v) is 3.83. The molecule has 1 heterocycles. The smallest absolute Gasteiger partial charge is 0.305 e. The summed E-state index contributed by atoms with van der Waals surface area (Å²) in [6.45, 7) is 1.40. The Bertz CT molecular complexity index is 702. The second kappa shape index (κ2) is 7.54. The molecule has 0 spiro atoms. The fourth-order valence-corrected chi connectivity index (χ4v) is 2.72.